The predicted octanol–water partition coefficient (Wildman–Crippen LogP) is 4.20. The maximum Gasteiger partial charge on any atom is 0.259 e. The minimum atomic E-state index is 0.0147. The number of amides is 1. The largest absolute Gasteiger partial charge is 0.463 e. The fraction of sp³-hybridized carbons (Fsp3) is 0.421. The molecule has 130 valence electrons. The van der Waals surface area contributed by atoms with Gasteiger partial charge >= 0.3 is 0 Å². The number of aryl methyl sites for hydroxylation is 1. The van der Waals surface area contributed by atoms with Gasteiger partial charge in [-0.3, -0.25) is 4.79 Å². The summed E-state index contributed by atoms with van der Waals surface area (Å²) in [5.41, 5.74) is 2.22. The molecule has 4 rings (SSSR count). The van der Waals surface area contributed by atoms with Gasteiger partial charge in [0.15, 0.2) is 5.76 Å². The van der Waals surface area contributed by atoms with Crippen LogP contribution in [-0.2, 0) is 0 Å². The second-order valence-corrected chi connectivity index (χ2v) is 6.51. The number of carbonyl (C=O) groups excluding carboxylic acids is 1. The third-order valence-corrected chi connectivity index (χ3v) is 4.99. The van der Waals surface area contributed by atoms with Crippen LogP contribution in [0.5, 0.6) is 0 Å². The van der Waals surface area contributed by atoms with Gasteiger partial charge in [0.2, 0.25) is 0 Å². The molecule has 0 bridgehead atoms. The third-order valence-electron chi connectivity index (χ3n) is 4.99. The lowest BCUT2D eigenvalue weighted by Gasteiger charge is -2.28. The van der Waals surface area contributed by atoms with Crippen molar-refractivity contribution in [2.75, 3.05) is 6.54 Å². The second-order valence-electron chi connectivity index (χ2n) is 6.51. The van der Waals surface area contributed by atoms with Gasteiger partial charge in [0, 0.05) is 12.6 Å². The molecular formula is C19H21N3O3. The normalized spacial score (nSPS) is 15.1. The fourth-order valence-electron chi connectivity index (χ4n) is 3.75. The molecule has 6 nitrogen and oxygen atoms in total. The Bertz CT molecular complexity index is 892. The van der Waals surface area contributed by atoms with E-state index < -0.39 is 0 Å². The molecule has 1 fully saturated rings. The Morgan fingerprint density at radius 2 is 2.16 bits per heavy atom. The van der Waals surface area contributed by atoms with Gasteiger partial charge in [-0.25, -0.2) is 4.98 Å². The zero-order valence-corrected chi connectivity index (χ0v) is 14.5. The molecule has 1 saturated carbocycles. The van der Waals surface area contributed by atoms with Gasteiger partial charge in [-0.2, -0.15) is 0 Å². The summed E-state index contributed by atoms with van der Waals surface area (Å²) in [6.07, 6.45) is 6.10. The average molecular weight is 339 g/mol. The Hall–Kier alpha value is -2.63. The van der Waals surface area contributed by atoms with Crippen molar-refractivity contribution in [2.24, 2.45) is 0 Å². The highest BCUT2D eigenvalue weighted by Gasteiger charge is 2.29. The number of furan rings is 1. The number of fused-ring (bicyclic) bond motifs is 1. The first-order valence-electron chi connectivity index (χ1n) is 8.81. The molecule has 0 aliphatic heterocycles. The van der Waals surface area contributed by atoms with Crippen LogP contribution in [0.25, 0.3) is 22.6 Å². The van der Waals surface area contributed by atoms with E-state index in [0.717, 1.165) is 12.8 Å². The zero-order valence-electron chi connectivity index (χ0n) is 14.5. The second kappa shape index (κ2) is 6.35. The molecule has 0 saturated heterocycles. The van der Waals surface area contributed by atoms with Gasteiger partial charge in [0.1, 0.15) is 5.69 Å². The smallest absolute Gasteiger partial charge is 0.259 e. The molecule has 3 heterocycles. The van der Waals surface area contributed by atoms with Crippen molar-refractivity contribution in [1.29, 1.82) is 0 Å². The van der Waals surface area contributed by atoms with Crippen molar-refractivity contribution in [2.45, 2.75) is 45.6 Å². The lowest BCUT2D eigenvalue weighted by Crippen LogP contribution is -2.38. The summed E-state index contributed by atoms with van der Waals surface area (Å²) in [4.78, 5) is 19.8. The van der Waals surface area contributed by atoms with Gasteiger partial charge in [-0.1, -0.05) is 18.0 Å². The lowest BCUT2D eigenvalue weighted by molar-refractivity contribution is 0.0695. The lowest BCUT2D eigenvalue weighted by atomic mass is 10.1. The topological polar surface area (TPSA) is 72.4 Å². The first-order valence-corrected chi connectivity index (χ1v) is 8.81. The van der Waals surface area contributed by atoms with Crippen LogP contribution in [0, 0.1) is 6.92 Å². The van der Waals surface area contributed by atoms with Crippen LogP contribution >= 0.6 is 0 Å². The minimum absolute atomic E-state index is 0.0147. The number of hydrogen-bond acceptors (Lipinski definition) is 5. The summed E-state index contributed by atoms with van der Waals surface area (Å²) < 4.78 is 10.8. The van der Waals surface area contributed by atoms with Crippen LogP contribution in [0.1, 0.15) is 48.7 Å². The van der Waals surface area contributed by atoms with Crippen molar-refractivity contribution < 1.29 is 13.7 Å². The maximum absolute atomic E-state index is 13.3. The molecule has 0 atom stereocenters. The number of hydrogen-bond donors (Lipinski definition) is 0. The SMILES string of the molecule is CCN(C(=O)c1cc(-c2ccco2)nc2onc(C)c12)C1CCCC1. The summed E-state index contributed by atoms with van der Waals surface area (Å²) >= 11 is 0. The van der Waals surface area contributed by atoms with Gasteiger partial charge in [-0.15, -0.1) is 0 Å². The molecule has 0 unspecified atom stereocenters. The van der Waals surface area contributed by atoms with Gasteiger partial charge < -0.3 is 13.8 Å². The van der Waals surface area contributed by atoms with Crippen LogP contribution in [-0.4, -0.2) is 33.5 Å². The molecular weight excluding hydrogens is 318 g/mol. The number of carbonyl (C=O) groups is 1. The molecule has 3 aromatic rings. The zero-order chi connectivity index (χ0) is 17.4. The molecule has 1 aliphatic carbocycles. The Labute approximate surface area is 145 Å². The van der Waals surface area contributed by atoms with Crippen molar-refractivity contribution in [3.05, 3.63) is 35.7 Å². The van der Waals surface area contributed by atoms with Crippen LogP contribution in [0.3, 0.4) is 0 Å². The van der Waals surface area contributed by atoms with Crippen molar-refractivity contribution >= 4 is 17.0 Å². The van der Waals surface area contributed by atoms with Crippen LogP contribution in [0.4, 0.5) is 0 Å². The summed E-state index contributed by atoms with van der Waals surface area (Å²) in [6.45, 7) is 4.55. The number of nitrogens with zero attached hydrogens (tertiary/aromatic N) is 3. The summed E-state index contributed by atoms with van der Waals surface area (Å²) in [7, 11) is 0. The summed E-state index contributed by atoms with van der Waals surface area (Å²) in [5.74, 6) is 0.620. The van der Waals surface area contributed by atoms with E-state index in [4.69, 9.17) is 8.94 Å². The van der Waals surface area contributed by atoms with Crippen LogP contribution in [0.15, 0.2) is 33.4 Å². The quantitative estimate of drug-likeness (QED) is 0.712. The molecule has 0 spiro atoms. The average Bonchev–Trinajstić information content (AvgIpc) is 3.37. The molecule has 0 aromatic carbocycles. The van der Waals surface area contributed by atoms with Gasteiger partial charge in [-0.05, 0) is 44.9 Å². The number of pyridine rings is 1. The molecule has 6 heteroatoms. The standard InChI is InChI=1S/C19H21N3O3/c1-3-22(13-7-4-5-8-13)19(23)14-11-15(16-9-6-10-24-16)20-18-17(14)12(2)21-25-18/h6,9-11,13H,3-5,7-8H2,1-2H3. The van der Waals surface area contributed by atoms with Crippen molar-refractivity contribution in [3.63, 3.8) is 0 Å². The highest BCUT2D eigenvalue weighted by molar-refractivity contribution is 6.07. The molecule has 0 radical (unpaired) electrons. The summed E-state index contributed by atoms with van der Waals surface area (Å²) in [6, 6.07) is 5.73. The highest BCUT2D eigenvalue weighted by atomic mass is 16.5. The molecule has 1 aliphatic rings. The Morgan fingerprint density at radius 3 is 2.84 bits per heavy atom. The van der Waals surface area contributed by atoms with E-state index >= 15 is 0 Å². The van der Waals surface area contributed by atoms with E-state index in [9.17, 15) is 4.79 Å². The van der Waals surface area contributed by atoms with Gasteiger partial charge in [0.05, 0.1) is 22.9 Å². The molecule has 0 N–H and O–H groups in total. The maximum atomic E-state index is 13.3. The van der Waals surface area contributed by atoms with Crippen molar-refractivity contribution in [1.82, 2.24) is 15.0 Å². The Morgan fingerprint density at radius 1 is 1.36 bits per heavy atom. The fourth-order valence-corrected chi connectivity index (χ4v) is 3.75. The molecule has 3 aromatic heterocycles. The van der Waals surface area contributed by atoms with Crippen LogP contribution in [0.2, 0.25) is 0 Å². The Kier molecular flexibility index (Phi) is 4.03. The molecule has 25 heavy (non-hydrogen) atoms. The van der Waals surface area contributed by atoms with E-state index in [1.165, 1.54) is 12.8 Å². The number of rotatable bonds is 4. The van der Waals surface area contributed by atoms with E-state index in [1.807, 2.05) is 24.8 Å². The monoisotopic (exact) mass is 339 g/mol. The Balaban J connectivity index is 1.84. The number of aromatic nitrogens is 2. The molecule has 1 amide bonds. The van der Waals surface area contributed by atoms with Crippen LogP contribution < -0.4 is 0 Å². The van der Waals surface area contributed by atoms with E-state index in [2.05, 4.69) is 10.1 Å². The first-order chi connectivity index (χ1) is 12.2. The van der Waals surface area contributed by atoms with E-state index in [1.54, 1.807) is 18.4 Å². The predicted molar refractivity (Wildman–Crippen MR) is 93.2 cm³/mol. The highest BCUT2D eigenvalue weighted by Crippen LogP contribution is 2.30. The van der Waals surface area contributed by atoms with Crippen molar-refractivity contribution in [3.8, 4) is 11.5 Å². The summed E-state index contributed by atoms with van der Waals surface area (Å²) in [5, 5.41) is 4.70. The van der Waals surface area contributed by atoms with Gasteiger partial charge in [0.25, 0.3) is 11.6 Å². The van der Waals surface area contributed by atoms with E-state index in [-0.39, 0.29) is 5.91 Å². The third kappa shape index (κ3) is 2.71. The minimum Gasteiger partial charge on any atom is -0.463 e. The van der Waals surface area contributed by atoms with E-state index in [0.29, 0.717) is 46.4 Å². The first kappa shape index (κ1) is 15.9.